The normalized spacial score (nSPS) is 22.3. The molecule has 0 bridgehead atoms. The highest BCUT2D eigenvalue weighted by molar-refractivity contribution is 6.30. The van der Waals surface area contributed by atoms with Crippen molar-refractivity contribution in [2.24, 2.45) is 0 Å². The van der Waals surface area contributed by atoms with E-state index in [2.05, 4.69) is 21.9 Å². The molecule has 2 fully saturated rings. The molecule has 2 aliphatic rings. The molecule has 1 N–H and O–H groups in total. The number of hydrogen-bond donors (Lipinski definition) is 1. The molecule has 140 valence electrons. The van der Waals surface area contributed by atoms with E-state index in [-0.39, 0.29) is 6.10 Å². The first-order valence-electron chi connectivity index (χ1n) is 9.47. The number of aliphatic hydroxyl groups excluding tert-OH is 1. The van der Waals surface area contributed by atoms with Crippen molar-refractivity contribution in [3.8, 4) is 0 Å². The average Bonchev–Trinajstić information content (AvgIpc) is 3.36. The summed E-state index contributed by atoms with van der Waals surface area (Å²) in [4.78, 5) is 4.93. The summed E-state index contributed by atoms with van der Waals surface area (Å²) in [5, 5.41) is 10.9. The lowest BCUT2D eigenvalue weighted by atomic mass is 9.95. The van der Waals surface area contributed by atoms with Crippen LogP contribution in [0.2, 0.25) is 5.02 Å². The molecule has 5 heteroatoms. The quantitative estimate of drug-likeness (QED) is 0.767. The van der Waals surface area contributed by atoms with Crippen LogP contribution in [0.1, 0.15) is 32.3 Å². The van der Waals surface area contributed by atoms with Gasteiger partial charge in [0.25, 0.3) is 0 Å². The van der Waals surface area contributed by atoms with Gasteiger partial charge in [-0.05, 0) is 44.4 Å². The van der Waals surface area contributed by atoms with Crippen LogP contribution in [0.5, 0.6) is 0 Å². The molecule has 3 rings (SSSR count). The molecule has 1 aliphatic heterocycles. The largest absolute Gasteiger partial charge is 0.389 e. The Hall–Kier alpha value is -0.650. The molecule has 0 spiro atoms. The van der Waals surface area contributed by atoms with Gasteiger partial charge >= 0.3 is 0 Å². The maximum Gasteiger partial charge on any atom is 0.0900 e. The van der Waals surface area contributed by atoms with Gasteiger partial charge in [0.2, 0.25) is 0 Å². The van der Waals surface area contributed by atoms with Gasteiger partial charge in [-0.2, -0.15) is 0 Å². The van der Waals surface area contributed by atoms with Crippen LogP contribution < -0.4 is 0 Å². The van der Waals surface area contributed by atoms with E-state index < -0.39 is 6.10 Å². The van der Waals surface area contributed by atoms with Gasteiger partial charge < -0.3 is 9.84 Å². The number of halogens is 1. The third-order valence-corrected chi connectivity index (χ3v) is 5.64. The molecule has 1 aromatic rings. The Kier molecular flexibility index (Phi) is 6.39. The van der Waals surface area contributed by atoms with E-state index in [0.29, 0.717) is 18.6 Å². The second-order valence-corrected chi connectivity index (χ2v) is 8.34. The number of nitrogens with zero attached hydrogens (tertiary/aromatic N) is 2. The van der Waals surface area contributed by atoms with E-state index in [0.717, 1.165) is 37.7 Å². The van der Waals surface area contributed by atoms with Crippen molar-refractivity contribution in [3.63, 3.8) is 0 Å². The molecule has 1 heterocycles. The van der Waals surface area contributed by atoms with Gasteiger partial charge in [0.1, 0.15) is 0 Å². The molecule has 1 saturated carbocycles. The van der Waals surface area contributed by atoms with Crippen LogP contribution in [0.4, 0.5) is 0 Å². The van der Waals surface area contributed by atoms with Gasteiger partial charge in [-0.15, -0.1) is 0 Å². The third-order valence-electron chi connectivity index (χ3n) is 5.39. The first-order chi connectivity index (χ1) is 12.0. The Labute approximate surface area is 156 Å². The van der Waals surface area contributed by atoms with Crippen LogP contribution in [0.25, 0.3) is 0 Å². The highest BCUT2D eigenvalue weighted by atomic mass is 35.5. The summed E-state index contributed by atoms with van der Waals surface area (Å²) >= 11 is 6.03. The minimum atomic E-state index is -0.391. The third kappa shape index (κ3) is 5.41. The fraction of sp³-hybridized carbons (Fsp3) is 0.700. The number of rotatable bonds is 8. The molecule has 4 nitrogen and oxygen atoms in total. The van der Waals surface area contributed by atoms with Gasteiger partial charge in [0, 0.05) is 49.7 Å². The van der Waals surface area contributed by atoms with Gasteiger partial charge in [0.05, 0.1) is 18.8 Å². The van der Waals surface area contributed by atoms with Gasteiger partial charge in [0.15, 0.2) is 0 Å². The topological polar surface area (TPSA) is 35.9 Å². The minimum Gasteiger partial charge on any atom is -0.389 e. The molecule has 0 aromatic heterocycles. The maximum atomic E-state index is 10.1. The number of benzene rings is 1. The summed E-state index contributed by atoms with van der Waals surface area (Å²) in [5.74, 6) is 0. The summed E-state index contributed by atoms with van der Waals surface area (Å²) < 4.78 is 5.50. The molecule has 1 atom stereocenters. The molecule has 0 unspecified atom stereocenters. The Morgan fingerprint density at radius 3 is 2.24 bits per heavy atom. The smallest absolute Gasteiger partial charge is 0.0900 e. The maximum absolute atomic E-state index is 10.1. The molecule has 1 aliphatic carbocycles. The molecule has 1 saturated heterocycles. The van der Waals surface area contributed by atoms with E-state index in [1.807, 2.05) is 26.0 Å². The second-order valence-electron chi connectivity index (χ2n) is 7.90. The van der Waals surface area contributed by atoms with E-state index in [1.54, 1.807) is 0 Å². The Morgan fingerprint density at radius 2 is 1.68 bits per heavy atom. The van der Waals surface area contributed by atoms with Crippen LogP contribution in [0.3, 0.4) is 0 Å². The van der Waals surface area contributed by atoms with Crippen LogP contribution in [0, 0.1) is 0 Å². The highest BCUT2D eigenvalue weighted by Gasteiger charge is 2.45. The molecule has 0 amide bonds. The van der Waals surface area contributed by atoms with Crippen LogP contribution in [0.15, 0.2) is 24.3 Å². The number of hydrogen-bond acceptors (Lipinski definition) is 4. The van der Waals surface area contributed by atoms with Crippen molar-refractivity contribution in [2.75, 3.05) is 45.9 Å². The van der Waals surface area contributed by atoms with Gasteiger partial charge in [-0.3, -0.25) is 9.80 Å². The summed E-state index contributed by atoms with van der Waals surface area (Å²) in [6.07, 6.45) is 2.34. The molecule has 25 heavy (non-hydrogen) atoms. The lowest BCUT2D eigenvalue weighted by Gasteiger charge is -2.37. The summed E-state index contributed by atoms with van der Waals surface area (Å²) in [5.41, 5.74) is 1.78. The monoisotopic (exact) mass is 366 g/mol. The zero-order valence-corrected chi connectivity index (χ0v) is 16.2. The van der Waals surface area contributed by atoms with Crippen molar-refractivity contribution in [1.82, 2.24) is 9.80 Å². The zero-order valence-electron chi connectivity index (χ0n) is 15.5. The fourth-order valence-corrected chi connectivity index (χ4v) is 3.83. The molecular weight excluding hydrogens is 336 g/mol. The summed E-state index contributed by atoms with van der Waals surface area (Å²) in [6, 6.07) is 8.40. The zero-order chi connectivity index (χ0) is 17.9. The number of piperazine rings is 1. The van der Waals surface area contributed by atoms with Crippen molar-refractivity contribution in [1.29, 1.82) is 0 Å². The second kappa shape index (κ2) is 8.36. The van der Waals surface area contributed by atoms with Gasteiger partial charge in [-0.1, -0.05) is 23.7 Å². The summed E-state index contributed by atoms with van der Waals surface area (Å²) in [7, 11) is 0. The van der Waals surface area contributed by atoms with Gasteiger partial charge in [-0.25, -0.2) is 0 Å². The standard InChI is InChI=1S/C20H31ClN2O2/c1-16(2)25-14-19(24)13-22-9-11-23(12-10-22)15-20(7-8-20)17-3-5-18(21)6-4-17/h3-6,16,19,24H,7-15H2,1-2H3/t19-/m1/s1. The predicted octanol–water partition coefficient (Wildman–Crippen LogP) is 2.78. The molecule has 1 aromatic carbocycles. The minimum absolute atomic E-state index is 0.175. The first-order valence-corrected chi connectivity index (χ1v) is 9.85. The number of β-amino-alcohol motifs (C(OH)–C–C–N with tert-alkyl or cyclic N) is 1. The van der Waals surface area contributed by atoms with Crippen molar-refractivity contribution < 1.29 is 9.84 Å². The fourth-order valence-electron chi connectivity index (χ4n) is 3.70. The van der Waals surface area contributed by atoms with Crippen molar-refractivity contribution in [2.45, 2.75) is 44.3 Å². The molecule has 0 radical (unpaired) electrons. The van der Waals surface area contributed by atoms with Crippen molar-refractivity contribution >= 4 is 11.6 Å². The van der Waals surface area contributed by atoms with E-state index in [9.17, 15) is 5.11 Å². The van der Waals surface area contributed by atoms with Crippen LogP contribution >= 0.6 is 11.6 Å². The Bertz CT molecular complexity index is 537. The predicted molar refractivity (Wildman–Crippen MR) is 102 cm³/mol. The van der Waals surface area contributed by atoms with Crippen LogP contribution in [-0.4, -0.2) is 73.0 Å². The average molecular weight is 367 g/mol. The van der Waals surface area contributed by atoms with Crippen LogP contribution in [-0.2, 0) is 10.2 Å². The van der Waals surface area contributed by atoms with E-state index >= 15 is 0 Å². The number of aliphatic hydroxyl groups is 1. The van der Waals surface area contributed by atoms with E-state index in [1.165, 1.54) is 18.4 Å². The highest BCUT2D eigenvalue weighted by Crippen LogP contribution is 2.49. The van der Waals surface area contributed by atoms with Crippen molar-refractivity contribution in [3.05, 3.63) is 34.9 Å². The molecular formula is C20H31ClN2O2. The Balaban J connectivity index is 1.43. The summed E-state index contributed by atoms with van der Waals surface area (Å²) in [6.45, 7) is 10.5. The SMILES string of the molecule is CC(C)OC[C@H](O)CN1CCN(CC2(c3ccc(Cl)cc3)CC2)CC1. The number of ether oxygens (including phenoxy) is 1. The lowest BCUT2D eigenvalue weighted by Crippen LogP contribution is -2.50. The van der Waals surface area contributed by atoms with E-state index in [4.69, 9.17) is 16.3 Å². The lowest BCUT2D eigenvalue weighted by molar-refractivity contribution is -0.0148. The first kappa shape index (κ1) is 19.1. The Morgan fingerprint density at radius 1 is 1.08 bits per heavy atom.